The summed E-state index contributed by atoms with van der Waals surface area (Å²) in [6, 6.07) is 2.58. The number of unbranched alkanes of at least 4 members (excludes halogenated alkanes) is 4. The first-order valence-corrected chi connectivity index (χ1v) is 10.9. The van der Waals surface area contributed by atoms with Gasteiger partial charge in [0.1, 0.15) is 5.69 Å². The van der Waals surface area contributed by atoms with Crippen molar-refractivity contribution in [3.63, 3.8) is 0 Å². The molecule has 0 spiro atoms. The maximum atomic E-state index is 12.4. The summed E-state index contributed by atoms with van der Waals surface area (Å²) >= 11 is 0. The van der Waals surface area contributed by atoms with Gasteiger partial charge in [-0.15, -0.1) is 0 Å². The minimum atomic E-state index is -0.258. The Morgan fingerprint density at radius 2 is 1.86 bits per heavy atom. The van der Waals surface area contributed by atoms with E-state index in [4.69, 9.17) is 4.74 Å². The van der Waals surface area contributed by atoms with E-state index < -0.39 is 0 Å². The summed E-state index contributed by atoms with van der Waals surface area (Å²) in [5.41, 5.74) is 8.09. The number of aromatic amines is 1. The second-order valence-corrected chi connectivity index (χ2v) is 8.13. The molecule has 0 saturated heterocycles. The average molecular weight is 384 g/mol. The number of nitrogens with one attached hydrogen (secondary N) is 1. The third kappa shape index (κ3) is 3.49. The first-order valence-electron chi connectivity index (χ1n) is 10.9. The van der Waals surface area contributed by atoms with Gasteiger partial charge in [-0.1, -0.05) is 32.6 Å². The topological polar surface area (TPSA) is 46.0 Å². The molecular weight excluding hydrogens is 348 g/mol. The van der Waals surface area contributed by atoms with Gasteiger partial charge in [0.05, 0.1) is 17.5 Å². The van der Waals surface area contributed by atoms with E-state index >= 15 is 0 Å². The fourth-order valence-corrected chi connectivity index (χ4v) is 4.56. The predicted octanol–water partition coefficient (Wildman–Crippen LogP) is 5.82. The Morgan fingerprint density at radius 1 is 1.14 bits per heavy atom. The Hall–Kier alpha value is -2.10. The van der Waals surface area contributed by atoms with Crippen LogP contribution >= 0.6 is 0 Å². The standard InChI is InChI=1S/C24H34N2O2/c1-7-9-10-11-12-13-20-22-17(5)23(24(27)28-8-2)25-19(22)14-21-16(4)15(3)18(6)26(20)21/h14,18H,7-13H2,1-6H3/p+1/t18-/m0/s1. The third-order valence-electron chi connectivity index (χ3n) is 6.39. The minimum Gasteiger partial charge on any atom is -0.461 e. The molecule has 0 radical (unpaired) electrons. The number of H-pyrrole nitrogens is 1. The van der Waals surface area contributed by atoms with Gasteiger partial charge in [0.2, 0.25) is 5.69 Å². The van der Waals surface area contributed by atoms with Crippen LogP contribution in [0.25, 0.3) is 16.5 Å². The molecule has 3 heterocycles. The minimum absolute atomic E-state index is 0.258. The molecule has 0 aliphatic carbocycles. The van der Waals surface area contributed by atoms with Crippen molar-refractivity contribution in [3.05, 3.63) is 34.3 Å². The van der Waals surface area contributed by atoms with Crippen molar-refractivity contribution in [1.82, 2.24) is 4.98 Å². The lowest BCUT2D eigenvalue weighted by atomic mass is 10.0. The van der Waals surface area contributed by atoms with E-state index in [9.17, 15) is 4.79 Å². The van der Waals surface area contributed by atoms with E-state index in [1.165, 1.54) is 60.0 Å². The van der Waals surface area contributed by atoms with Crippen molar-refractivity contribution in [2.24, 2.45) is 0 Å². The number of hydrogen-bond donors (Lipinski definition) is 1. The number of ether oxygens (including phenoxy) is 1. The van der Waals surface area contributed by atoms with Crippen LogP contribution in [-0.4, -0.2) is 17.6 Å². The highest BCUT2D eigenvalue weighted by molar-refractivity contribution is 5.99. The average Bonchev–Trinajstić information content (AvgIpc) is 3.11. The van der Waals surface area contributed by atoms with Gasteiger partial charge in [-0.05, 0) is 39.7 Å². The van der Waals surface area contributed by atoms with Gasteiger partial charge < -0.3 is 9.72 Å². The Kier molecular flexibility index (Phi) is 6.26. The lowest BCUT2D eigenvalue weighted by molar-refractivity contribution is -0.713. The Labute approximate surface area is 169 Å². The SMILES string of the molecule is CCCCCCCc1c2c(C)c(C(=O)OCC)[nH]c2cc2[n+]1[C@@H](C)C(C)=C2C. The Balaban J connectivity index is 2.10. The quantitative estimate of drug-likeness (QED) is 0.354. The molecule has 0 bridgehead atoms. The largest absolute Gasteiger partial charge is 0.461 e. The molecule has 0 unspecified atom stereocenters. The van der Waals surface area contributed by atoms with E-state index in [1.807, 2.05) is 13.8 Å². The van der Waals surface area contributed by atoms with Crippen molar-refractivity contribution in [2.75, 3.05) is 6.61 Å². The summed E-state index contributed by atoms with van der Waals surface area (Å²) in [6.45, 7) is 13.3. The summed E-state index contributed by atoms with van der Waals surface area (Å²) in [5.74, 6) is -0.258. The van der Waals surface area contributed by atoms with Crippen LogP contribution in [0.1, 0.15) is 100 Å². The number of fused-ring (bicyclic) bond motifs is 2. The smallest absolute Gasteiger partial charge is 0.355 e. The molecule has 0 amide bonds. The zero-order valence-electron chi connectivity index (χ0n) is 18.4. The molecule has 3 rings (SSSR count). The van der Waals surface area contributed by atoms with Gasteiger partial charge >= 0.3 is 5.97 Å². The Morgan fingerprint density at radius 3 is 2.54 bits per heavy atom. The van der Waals surface area contributed by atoms with E-state index in [0.717, 1.165) is 17.5 Å². The lowest BCUT2D eigenvalue weighted by Gasteiger charge is -2.11. The number of carbonyl (C=O) groups is 1. The summed E-state index contributed by atoms with van der Waals surface area (Å²) < 4.78 is 7.78. The van der Waals surface area contributed by atoms with Crippen molar-refractivity contribution in [3.8, 4) is 0 Å². The Bertz CT molecular complexity index is 921. The third-order valence-corrected chi connectivity index (χ3v) is 6.39. The molecule has 1 atom stereocenters. The first-order chi connectivity index (χ1) is 13.4. The fourth-order valence-electron chi connectivity index (χ4n) is 4.56. The molecule has 1 aliphatic rings. The highest BCUT2D eigenvalue weighted by Gasteiger charge is 2.36. The summed E-state index contributed by atoms with van der Waals surface area (Å²) in [5, 5.41) is 1.21. The second-order valence-electron chi connectivity index (χ2n) is 8.13. The van der Waals surface area contributed by atoms with Crippen LogP contribution in [-0.2, 0) is 11.2 Å². The molecular formula is C24H35N2O2+. The molecule has 4 nitrogen and oxygen atoms in total. The van der Waals surface area contributed by atoms with E-state index in [2.05, 4.69) is 43.3 Å². The zero-order chi connectivity index (χ0) is 20.4. The fraction of sp³-hybridized carbons (Fsp3) is 0.583. The predicted molar refractivity (Wildman–Crippen MR) is 115 cm³/mol. The number of rotatable bonds is 8. The van der Waals surface area contributed by atoms with Crippen LogP contribution < -0.4 is 4.57 Å². The maximum Gasteiger partial charge on any atom is 0.355 e. The number of hydrogen-bond acceptors (Lipinski definition) is 2. The monoisotopic (exact) mass is 383 g/mol. The summed E-state index contributed by atoms with van der Waals surface area (Å²) in [4.78, 5) is 15.8. The lowest BCUT2D eigenvalue weighted by Crippen LogP contribution is -2.42. The van der Waals surface area contributed by atoms with Gasteiger partial charge in [-0.3, -0.25) is 0 Å². The van der Waals surface area contributed by atoms with Gasteiger partial charge in [-0.2, -0.15) is 4.57 Å². The molecule has 0 aromatic carbocycles. The summed E-state index contributed by atoms with van der Waals surface area (Å²) in [7, 11) is 0. The number of esters is 1. The van der Waals surface area contributed by atoms with E-state index in [1.54, 1.807) is 0 Å². The van der Waals surface area contributed by atoms with Crippen LogP contribution in [0.2, 0.25) is 0 Å². The van der Waals surface area contributed by atoms with Crippen molar-refractivity contribution in [2.45, 2.75) is 86.1 Å². The second kappa shape index (κ2) is 8.50. The van der Waals surface area contributed by atoms with Gasteiger partial charge in [-0.25, -0.2) is 4.79 Å². The number of aryl methyl sites for hydroxylation is 2. The molecule has 28 heavy (non-hydrogen) atoms. The normalized spacial score (nSPS) is 16.1. The van der Waals surface area contributed by atoms with E-state index in [-0.39, 0.29) is 5.97 Å². The zero-order valence-corrected chi connectivity index (χ0v) is 18.4. The number of carbonyl (C=O) groups excluding carboxylic acids is 1. The number of pyridine rings is 1. The highest BCUT2D eigenvalue weighted by atomic mass is 16.5. The molecule has 152 valence electrons. The molecule has 2 aromatic rings. The first kappa shape index (κ1) is 20.6. The number of allylic oxidation sites excluding steroid dienone is 2. The van der Waals surface area contributed by atoms with Gasteiger partial charge in [0, 0.05) is 30.6 Å². The van der Waals surface area contributed by atoms with Gasteiger partial charge in [0.25, 0.3) is 0 Å². The maximum absolute atomic E-state index is 12.4. The van der Waals surface area contributed by atoms with E-state index in [0.29, 0.717) is 18.3 Å². The summed E-state index contributed by atoms with van der Waals surface area (Å²) in [6.07, 6.45) is 7.35. The molecule has 0 fully saturated rings. The highest BCUT2D eigenvalue weighted by Crippen LogP contribution is 2.35. The molecule has 1 aliphatic heterocycles. The van der Waals surface area contributed by atoms with Crippen LogP contribution in [0.4, 0.5) is 0 Å². The van der Waals surface area contributed by atoms with Crippen LogP contribution in [0, 0.1) is 6.92 Å². The van der Waals surface area contributed by atoms with Crippen molar-refractivity contribution >= 4 is 22.4 Å². The van der Waals surface area contributed by atoms with Crippen molar-refractivity contribution < 1.29 is 14.1 Å². The number of nitrogens with zero attached hydrogens (tertiary/aromatic N) is 1. The van der Waals surface area contributed by atoms with Gasteiger partial charge in [0.15, 0.2) is 11.7 Å². The molecule has 1 N–H and O–H groups in total. The number of aromatic nitrogens is 2. The van der Waals surface area contributed by atoms with Crippen LogP contribution in [0.5, 0.6) is 0 Å². The van der Waals surface area contributed by atoms with Crippen molar-refractivity contribution in [1.29, 1.82) is 0 Å². The van der Waals surface area contributed by atoms with Crippen LogP contribution in [0.15, 0.2) is 11.6 Å². The molecule has 2 aromatic heterocycles. The van der Waals surface area contributed by atoms with Crippen LogP contribution in [0.3, 0.4) is 0 Å². The molecule has 4 heteroatoms. The molecule has 0 saturated carbocycles.